The van der Waals surface area contributed by atoms with Crippen molar-refractivity contribution in [2.45, 2.75) is 52.7 Å². The Kier molecular flexibility index (Phi) is 6.32. The van der Waals surface area contributed by atoms with Gasteiger partial charge in [-0.2, -0.15) is 4.90 Å². The lowest BCUT2D eigenvalue weighted by atomic mass is 10.1. The van der Waals surface area contributed by atoms with Crippen LogP contribution in [0.2, 0.25) is 0 Å². The van der Waals surface area contributed by atoms with Gasteiger partial charge in [-0.05, 0) is 71.2 Å². The zero-order valence-corrected chi connectivity index (χ0v) is 21.4. The maximum Gasteiger partial charge on any atom is 0.424 e. The normalized spacial score (nSPS) is 11.9. The van der Waals surface area contributed by atoms with Gasteiger partial charge in [-0.15, -0.1) is 0 Å². The van der Waals surface area contributed by atoms with E-state index in [1.807, 2.05) is 22.9 Å². The fourth-order valence-corrected chi connectivity index (χ4v) is 3.68. The molecule has 0 saturated heterocycles. The van der Waals surface area contributed by atoms with Crippen molar-refractivity contribution in [1.29, 1.82) is 0 Å². The van der Waals surface area contributed by atoms with E-state index in [0.29, 0.717) is 21.5 Å². The molecule has 4 rings (SSSR count). The summed E-state index contributed by atoms with van der Waals surface area (Å²) in [6, 6.07) is 8.11. The molecule has 4 aromatic rings. The third kappa shape index (κ3) is 5.50. The van der Waals surface area contributed by atoms with Crippen LogP contribution in [0.4, 0.5) is 21.0 Å². The van der Waals surface area contributed by atoms with Gasteiger partial charge < -0.3 is 9.47 Å². The van der Waals surface area contributed by atoms with Crippen molar-refractivity contribution in [2.75, 3.05) is 4.90 Å². The highest BCUT2D eigenvalue weighted by Crippen LogP contribution is 2.35. The number of benzene rings is 1. The van der Waals surface area contributed by atoms with Crippen LogP contribution in [0.5, 0.6) is 0 Å². The van der Waals surface area contributed by atoms with E-state index in [1.54, 1.807) is 60.0 Å². The van der Waals surface area contributed by atoms with Gasteiger partial charge >= 0.3 is 12.2 Å². The highest BCUT2D eigenvalue weighted by molar-refractivity contribution is 6.12. The summed E-state index contributed by atoms with van der Waals surface area (Å²) in [5.41, 5.74) is -1.87. The van der Waals surface area contributed by atoms with Gasteiger partial charge in [0.25, 0.3) is 5.69 Å². The van der Waals surface area contributed by atoms with E-state index in [0.717, 1.165) is 10.9 Å². The number of hydrogen-bond donors (Lipinski definition) is 0. The molecular weight excluding hydrogens is 478 g/mol. The maximum atomic E-state index is 13.1. The molecule has 0 N–H and O–H groups in total. The number of rotatable bonds is 3. The predicted octanol–water partition coefficient (Wildman–Crippen LogP) is 6.16. The van der Waals surface area contributed by atoms with Crippen molar-refractivity contribution in [1.82, 2.24) is 14.5 Å². The molecule has 0 fully saturated rings. The number of nitro groups is 1. The van der Waals surface area contributed by atoms with Gasteiger partial charge in [-0.25, -0.2) is 14.6 Å². The second kappa shape index (κ2) is 9.16. The molecule has 11 heteroatoms. The molecule has 0 saturated carbocycles. The highest BCUT2D eigenvalue weighted by atomic mass is 16.6. The lowest BCUT2D eigenvalue weighted by Crippen LogP contribution is -2.44. The van der Waals surface area contributed by atoms with Crippen LogP contribution >= 0.6 is 0 Å². The third-order valence-electron chi connectivity index (χ3n) is 5.13. The summed E-state index contributed by atoms with van der Waals surface area (Å²) in [6.45, 7) is 9.74. The first-order chi connectivity index (χ1) is 17.2. The topological polar surface area (TPSA) is 130 Å². The molecule has 3 aromatic heterocycles. The Bertz CT molecular complexity index is 1500. The largest absolute Gasteiger partial charge is 0.443 e. The van der Waals surface area contributed by atoms with Crippen LogP contribution in [-0.4, -0.2) is 42.8 Å². The number of amides is 2. The van der Waals surface area contributed by atoms with E-state index >= 15 is 0 Å². The molecule has 0 bridgehead atoms. The Hall–Kier alpha value is -4.54. The molecule has 11 nitrogen and oxygen atoms in total. The molecule has 3 heterocycles. The van der Waals surface area contributed by atoms with Crippen molar-refractivity contribution in [3.05, 3.63) is 65.2 Å². The van der Waals surface area contributed by atoms with Crippen LogP contribution in [0.15, 0.2) is 55.1 Å². The lowest BCUT2D eigenvalue weighted by Gasteiger charge is -2.28. The minimum Gasteiger partial charge on any atom is -0.443 e. The van der Waals surface area contributed by atoms with Crippen molar-refractivity contribution in [3.63, 3.8) is 0 Å². The number of carbonyl (C=O) groups is 2. The molecule has 0 aliphatic rings. The first kappa shape index (κ1) is 25.5. The lowest BCUT2D eigenvalue weighted by molar-refractivity contribution is -0.383. The van der Waals surface area contributed by atoms with Crippen LogP contribution < -0.4 is 4.90 Å². The number of hydrogen-bond acceptors (Lipinski definition) is 8. The summed E-state index contributed by atoms with van der Waals surface area (Å²) in [5.74, 6) is 0.522. The van der Waals surface area contributed by atoms with E-state index in [9.17, 15) is 19.7 Å². The zero-order valence-electron chi connectivity index (χ0n) is 21.4. The number of ether oxygens (including phenoxy) is 2. The number of nitro benzene ring substituents is 1. The van der Waals surface area contributed by atoms with E-state index in [1.165, 1.54) is 18.3 Å². The SMILES string of the molecule is CC(C)(C)OC(=O)N(C(=O)OC(C)(C)C)c1cc2cnc(-n3ccc4ccncc43)cc2cc1[N+](=O)[O-]. The average Bonchev–Trinajstić information content (AvgIpc) is 3.20. The number of pyridine rings is 2. The fourth-order valence-electron chi connectivity index (χ4n) is 3.68. The zero-order chi connectivity index (χ0) is 27.1. The summed E-state index contributed by atoms with van der Waals surface area (Å²) in [5, 5.41) is 14.0. The van der Waals surface area contributed by atoms with Gasteiger partial charge in [0.15, 0.2) is 0 Å². The van der Waals surface area contributed by atoms with Crippen LogP contribution in [0.3, 0.4) is 0 Å². The van der Waals surface area contributed by atoms with Crippen LogP contribution in [0, 0.1) is 10.1 Å². The summed E-state index contributed by atoms with van der Waals surface area (Å²) >= 11 is 0. The Morgan fingerprint density at radius 2 is 1.57 bits per heavy atom. The Morgan fingerprint density at radius 3 is 2.16 bits per heavy atom. The molecule has 0 aliphatic carbocycles. The first-order valence-corrected chi connectivity index (χ1v) is 11.5. The quantitative estimate of drug-likeness (QED) is 0.239. The van der Waals surface area contributed by atoms with Gasteiger partial charge in [0.2, 0.25) is 0 Å². The van der Waals surface area contributed by atoms with Crippen LogP contribution in [-0.2, 0) is 9.47 Å². The van der Waals surface area contributed by atoms with E-state index < -0.39 is 34.0 Å². The average molecular weight is 506 g/mol. The smallest absolute Gasteiger partial charge is 0.424 e. The molecule has 2 amide bonds. The molecule has 0 aliphatic heterocycles. The van der Waals surface area contributed by atoms with E-state index in [4.69, 9.17) is 9.47 Å². The second-order valence-corrected chi connectivity index (χ2v) is 10.4. The highest BCUT2D eigenvalue weighted by Gasteiger charge is 2.37. The van der Waals surface area contributed by atoms with Crippen molar-refractivity contribution in [3.8, 4) is 5.82 Å². The van der Waals surface area contributed by atoms with Gasteiger partial charge in [0.1, 0.15) is 22.7 Å². The monoisotopic (exact) mass is 505 g/mol. The van der Waals surface area contributed by atoms with Gasteiger partial charge in [0, 0.05) is 35.4 Å². The summed E-state index contributed by atoms with van der Waals surface area (Å²) < 4.78 is 12.6. The third-order valence-corrected chi connectivity index (χ3v) is 5.13. The molecule has 0 unspecified atom stereocenters. The van der Waals surface area contributed by atoms with Crippen LogP contribution in [0.1, 0.15) is 41.5 Å². The van der Waals surface area contributed by atoms with E-state index in [2.05, 4.69) is 9.97 Å². The Labute approximate surface area is 212 Å². The molecule has 0 radical (unpaired) electrons. The minimum absolute atomic E-state index is 0.286. The maximum absolute atomic E-state index is 13.1. The number of anilines is 1. The number of nitrogens with zero attached hydrogens (tertiary/aromatic N) is 5. The summed E-state index contributed by atoms with van der Waals surface area (Å²) in [7, 11) is 0. The second-order valence-electron chi connectivity index (χ2n) is 10.4. The predicted molar refractivity (Wildman–Crippen MR) is 138 cm³/mol. The van der Waals surface area contributed by atoms with E-state index in [-0.39, 0.29) is 5.69 Å². The summed E-state index contributed by atoms with van der Waals surface area (Å²) in [4.78, 5) is 46.8. The van der Waals surface area contributed by atoms with Crippen molar-refractivity contribution in [2.24, 2.45) is 0 Å². The van der Waals surface area contributed by atoms with Crippen LogP contribution in [0.25, 0.3) is 27.5 Å². The Balaban J connectivity index is 1.87. The molecule has 1 aromatic carbocycles. The van der Waals surface area contributed by atoms with Gasteiger partial charge in [-0.3, -0.25) is 19.7 Å². The summed E-state index contributed by atoms with van der Waals surface area (Å²) in [6.07, 6.45) is 4.54. The van der Waals surface area contributed by atoms with Gasteiger partial charge in [-0.1, -0.05) is 0 Å². The standard InChI is InChI=1S/C26H27N5O6/c1-25(2,3)36-23(32)30(24(33)37-26(4,5)6)19-12-18-14-28-22(13-17(18)11-20(19)31(34)35)29-10-8-16-7-9-27-15-21(16)29/h7-15H,1-6H3. The molecule has 37 heavy (non-hydrogen) atoms. The molecule has 0 atom stereocenters. The fraction of sp³-hybridized carbons (Fsp3) is 0.308. The number of fused-ring (bicyclic) bond motifs is 2. The van der Waals surface area contributed by atoms with Gasteiger partial charge in [0.05, 0.1) is 16.6 Å². The first-order valence-electron chi connectivity index (χ1n) is 11.5. The molecule has 192 valence electrons. The van der Waals surface area contributed by atoms with Crippen molar-refractivity contribution < 1.29 is 24.0 Å². The minimum atomic E-state index is -1.10. The molecule has 0 spiro atoms. The number of carbonyl (C=O) groups excluding carboxylic acids is 2. The van der Waals surface area contributed by atoms with Crippen molar-refractivity contribution >= 4 is 45.2 Å². The Morgan fingerprint density at radius 1 is 0.919 bits per heavy atom. The molecular formula is C26H27N5O6. The number of aromatic nitrogens is 3. The number of imide groups is 1.